The number of rotatable bonds is 6. The fourth-order valence-corrected chi connectivity index (χ4v) is 3.10. The fourth-order valence-electron chi connectivity index (χ4n) is 3.10. The van der Waals surface area contributed by atoms with Crippen molar-refractivity contribution >= 4 is 11.6 Å². The van der Waals surface area contributed by atoms with Crippen LogP contribution in [0.4, 0.5) is 5.69 Å². The minimum atomic E-state index is -0.143. The van der Waals surface area contributed by atoms with Crippen molar-refractivity contribution in [3.8, 4) is 0 Å². The number of aliphatic hydroxyl groups is 1. The van der Waals surface area contributed by atoms with Crippen LogP contribution in [0.1, 0.15) is 29.8 Å². The molecule has 126 valence electrons. The number of hydrogen-bond donors (Lipinski definition) is 1. The molecule has 1 aliphatic heterocycles. The van der Waals surface area contributed by atoms with Crippen LogP contribution in [0.3, 0.4) is 0 Å². The van der Waals surface area contributed by atoms with E-state index in [1.165, 1.54) is 18.2 Å². The smallest absolute Gasteiger partial charge is 0.250 e. The van der Waals surface area contributed by atoms with Gasteiger partial charge in [0.25, 0.3) is 5.91 Å². The fraction of sp³-hybridized carbons (Fsp3) is 0.368. The zero-order chi connectivity index (χ0) is 16.9. The number of fused-ring (bicyclic) bond motifs is 1. The Morgan fingerprint density at radius 2 is 2.12 bits per heavy atom. The molecule has 3 rings (SSSR count). The van der Waals surface area contributed by atoms with Gasteiger partial charge in [0, 0.05) is 24.5 Å². The normalized spacial score (nSPS) is 13.4. The summed E-state index contributed by atoms with van der Waals surface area (Å²) >= 11 is 0. The minimum absolute atomic E-state index is 0.120. The van der Waals surface area contributed by atoms with Gasteiger partial charge in [0.05, 0.1) is 12.2 Å². The van der Waals surface area contributed by atoms with Gasteiger partial charge in [0.2, 0.25) is 0 Å². The first kappa shape index (κ1) is 16.5. The Morgan fingerprint density at radius 3 is 2.79 bits per heavy atom. The second-order valence-corrected chi connectivity index (χ2v) is 6.08. The number of benzene rings is 1. The number of aryl methyl sites for hydroxylation is 2. The quantitative estimate of drug-likeness (QED) is 0.830. The summed E-state index contributed by atoms with van der Waals surface area (Å²) in [7, 11) is 0. The second-order valence-electron chi connectivity index (χ2n) is 6.08. The lowest BCUT2D eigenvalue weighted by molar-refractivity contribution is -0.114. The van der Waals surface area contributed by atoms with Crippen LogP contribution in [0.2, 0.25) is 0 Å². The molecule has 0 aliphatic carbocycles. The van der Waals surface area contributed by atoms with Gasteiger partial charge >= 0.3 is 0 Å². The molecule has 1 amide bonds. The number of anilines is 1. The van der Waals surface area contributed by atoms with Crippen molar-refractivity contribution in [3.63, 3.8) is 0 Å². The number of hydrogen-bond acceptors (Lipinski definition) is 3. The third-order valence-electron chi connectivity index (χ3n) is 4.38. The van der Waals surface area contributed by atoms with Crippen molar-refractivity contribution in [1.29, 1.82) is 0 Å². The highest BCUT2D eigenvalue weighted by Gasteiger charge is 2.18. The standard InChI is InChI=1S/C19H23N3O2/c1-2-19(24)21(17-8-6-15(7-9-17)10-12-23)14-16-13-18-5-3-4-11-22(18)20-16/h2,6-9,13,23H,1,3-5,10-12,14H2. The number of amides is 1. The number of carbonyl (C=O) groups is 1. The van der Waals surface area contributed by atoms with Crippen molar-refractivity contribution in [2.45, 2.75) is 38.8 Å². The monoisotopic (exact) mass is 325 g/mol. The van der Waals surface area contributed by atoms with Gasteiger partial charge in [-0.2, -0.15) is 5.10 Å². The molecule has 0 bridgehead atoms. The van der Waals surface area contributed by atoms with Crippen LogP contribution >= 0.6 is 0 Å². The zero-order valence-corrected chi connectivity index (χ0v) is 13.8. The van der Waals surface area contributed by atoms with E-state index >= 15 is 0 Å². The van der Waals surface area contributed by atoms with Crippen molar-refractivity contribution < 1.29 is 9.90 Å². The van der Waals surface area contributed by atoms with E-state index in [-0.39, 0.29) is 12.5 Å². The van der Waals surface area contributed by atoms with E-state index in [9.17, 15) is 4.79 Å². The summed E-state index contributed by atoms with van der Waals surface area (Å²) in [5.41, 5.74) is 4.01. The molecule has 2 aromatic rings. The molecule has 0 radical (unpaired) electrons. The summed E-state index contributed by atoms with van der Waals surface area (Å²) < 4.78 is 2.06. The summed E-state index contributed by atoms with van der Waals surface area (Å²) in [6.07, 6.45) is 5.36. The highest BCUT2D eigenvalue weighted by molar-refractivity contribution is 6.00. The number of aliphatic hydroxyl groups excluding tert-OH is 1. The molecule has 24 heavy (non-hydrogen) atoms. The molecule has 1 aliphatic rings. The molecule has 0 saturated heterocycles. The second kappa shape index (κ2) is 7.45. The molecule has 0 fully saturated rings. The van der Waals surface area contributed by atoms with Gasteiger partial charge in [-0.25, -0.2) is 0 Å². The highest BCUT2D eigenvalue weighted by Crippen LogP contribution is 2.21. The average Bonchev–Trinajstić information content (AvgIpc) is 3.03. The molecule has 0 atom stereocenters. The van der Waals surface area contributed by atoms with E-state index in [1.54, 1.807) is 4.90 Å². The van der Waals surface area contributed by atoms with Crippen LogP contribution in [0, 0.1) is 0 Å². The Bertz CT molecular complexity index is 695. The lowest BCUT2D eigenvalue weighted by Gasteiger charge is -2.20. The first-order valence-electron chi connectivity index (χ1n) is 8.40. The van der Waals surface area contributed by atoms with Gasteiger partial charge < -0.3 is 10.0 Å². The molecule has 0 unspecified atom stereocenters. The molecule has 5 nitrogen and oxygen atoms in total. The van der Waals surface area contributed by atoms with Gasteiger partial charge in [-0.1, -0.05) is 18.7 Å². The van der Waals surface area contributed by atoms with E-state index < -0.39 is 0 Å². The maximum atomic E-state index is 12.3. The molecule has 0 saturated carbocycles. The number of nitrogens with zero attached hydrogens (tertiary/aromatic N) is 3. The summed E-state index contributed by atoms with van der Waals surface area (Å²) in [5.74, 6) is -0.143. The zero-order valence-electron chi connectivity index (χ0n) is 13.8. The molecular weight excluding hydrogens is 302 g/mol. The predicted octanol–water partition coefficient (Wildman–Crippen LogP) is 2.47. The summed E-state index contributed by atoms with van der Waals surface area (Å²) in [4.78, 5) is 14.0. The van der Waals surface area contributed by atoms with Gasteiger partial charge in [-0.15, -0.1) is 0 Å². The Morgan fingerprint density at radius 1 is 1.33 bits per heavy atom. The predicted molar refractivity (Wildman–Crippen MR) is 93.8 cm³/mol. The van der Waals surface area contributed by atoms with E-state index in [2.05, 4.69) is 22.4 Å². The van der Waals surface area contributed by atoms with Gasteiger partial charge in [-0.05, 0) is 55.5 Å². The van der Waals surface area contributed by atoms with E-state index in [1.807, 2.05) is 24.3 Å². The largest absolute Gasteiger partial charge is 0.396 e. The summed E-state index contributed by atoms with van der Waals surface area (Å²) in [6, 6.07) is 9.79. The Kier molecular flexibility index (Phi) is 5.11. The van der Waals surface area contributed by atoms with Gasteiger partial charge in [-0.3, -0.25) is 9.48 Å². The maximum Gasteiger partial charge on any atom is 0.250 e. The molecular formula is C19H23N3O2. The SMILES string of the molecule is C=CC(=O)N(Cc1cc2n(n1)CCCC2)c1ccc(CCO)cc1. The molecule has 5 heteroatoms. The first-order valence-corrected chi connectivity index (χ1v) is 8.40. The lowest BCUT2D eigenvalue weighted by atomic mass is 10.1. The molecule has 2 heterocycles. The van der Waals surface area contributed by atoms with Gasteiger partial charge in [0.1, 0.15) is 0 Å². The van der Waals surface area contributed by atoms with Crippen LogP contribution < -0.4 is 4.90 Å². The number of aromatic nitrogens is 2. The third-order valence-corrected chi connectivity index (χ3v) is 4.38. The van der Waals surface area contributed by atoms with E-state index in [0.29, 0.717) is 13.0 Å². The van der Waals surface area contributed by atoms with Crippen molar-refractivity contribution in [1.82, 2.24) is 9.78 Å². The highest BCUT2D eigenvalue weighted by atomic mass is 16.3. The maximum absolute atomic E-state index is 12.3. The Balaban J connectivity index is 1.82. The first-order chi connectivity index (χ1) is 11.7. The minimum Gasteiger partial charge on any atom is -0.396 e. The van der Waals surface area contributed by atoms with Crippen LogP contribution in [-0.2, 0) is 30.7 Å². The Labute approximate surface area is 142 Å². The molecule has 1 N–H and O–H groups in total. The third kappa shape index (κ3) is 3.57. The van der Waals surface area contributed by atoms with Crippen molar-refractivity contribution in [3.05, 3.63) is 59.9 Å². The molecule has 1 aromatic carbocycles. The van der Waals surface area contributed by atoms with Crippen molar-refractivity contribution in [2.24, 2.45) is 0 Å². The summed E-state index contributed by atoms with van der Waals surface area (Å²) in [6.45, 7) is 5.12. The molecule has 1 aromatic heterocycles. The Hall–Kier alpha value is -2.40. The van der Waals surface area contributed by atoms with E-state index in [0.717, 1.165) is 36.3 Å². The lowest BCUT2D eigenvalue weighted by Crippen LogP contribution is -2.28. The average molecular weight is 325 g/mol. The number of carbonyl (C=O) groups excluding carboxylic acids is 1. The van der Waals surface area contributed by atoms with Crippen LogP contribution in [-0.4, -0.2) is 27.4 Å². The van der Waals surface area contributed by atoms with Crippen molar-refractivity contribution in [2.75, 3.05) is 11.5 Å². The van der Waals surface area contributed by atoms with Crippen LogP contribution in [0.15, 0.2) is 43.0 Å². The molecule has 0 spiro atoms. The van der Waals surface area contributed by atoms with Crippen LogP contribution in [0.25, 0.3) is 0 Å². The topological polar surface area (TPSA) is 58.4 Å². The summed E-state index contributed by atoms with van der Waals surface area (Å²) in [5, 5.41) is 13.6. The van der Waals surface area contributed by atoms with Crippen LogP contribution in [0.5, 0.6) is 0 Å². The van der Waals surface area contributed by atoms with E-state index in [4.69, 9.17) is 5.11 Å². The van der Waals surface area contributed by atoms with Gasteiger partial charge in [0.15, 0.2) is 0 Å².